The second-order valence-corrected chi connectivity index (χ2v) is 14.4. The molecule has 1 aliphatic heterocycles. The molecular weight excluding hydrogens is 688 g/mol. The van der Waals surface area contributed by atoms with E-state index in [1.54, 1.807) is 0 Å². The first kappa shape index (κ1) is 49.7. The Bertz CT molecular complexity index is 1020. The van der Waals surface area contributed by atoms with Crippen molar-refractivity contribution in [1.82, 2.24) is 0 Å². The van der Waals surface area contributed by atoms with Gasteiger partial charge in [0.15, 0.2) is 12.4 Å². The first-order chi connectivity index (χ1) is 26.3. The Balaban J connectivity index is 2.38. The van der Waals surface area contributed by atoms with E-state index in [9.17, 15) is 30.0 Å². The molecule has 0 aromatic rings. The summed E-state index contributed by atoms with van der Waals surface area (Å²) < 4.78 is 22.1. The highest BCUT2D eigenvalue weighted by molar-refractivity contribution is 5.70. The van der Waals surface area contributed by atoms with Crippen LogP contribution in [0.15, 0.2) is 48.6 Å². The summed E-state index contributed by atoms with van der Waals surface area (Å²) in [4.78, 5) is 25.3. The zero-order chi connectivity index (χ0) is 39.5. The summed E-state index contributed by atoms with van der Waals surface area (Å²) in [6.07, 6.45) is 32.6. The van der Waals surface area contributed by atoms with E-state index < -0.39 is 55.4 Å². The molecule has 0 aliphatic carbocycles. The van der Waals surface area contributed by atoms with Gasteiger partial charge in [0, 0.05) is 12.8 Å². The first-order valence-corrected chi connectivity index (χ1v) is 21.2. The van der Waals surface area contributed by atoms with Crippen molar-refractivity contribution in [2.45, 2.75) is 198 Å². The molecule has 0 aromatic carbocycles. The fraction of sp³-hybridized carbons (Fsp3) is 0.773. The minimum absolute atomic E-state index is 0.207. The largest absolute Gasteiger partial charge is 0.462 e. The van der Waals surface area contributed by atoms with Gasteiger partial charge in [-0.25, -0.2) is 0 Å². The normalized spacial score (nSPS) is 21.2. The monoisotopic (exact) mass is 765 g/mol. The lowest BCUT2D eigenvalue weighted by Crippen LogP contribution is -2.59. The van der Waals surface area contributed by atoms with Crippen molar-refractivity contribution >= 4 is 11.9 Å². The van der Waals surface area contributed by atoms with Crippen LogP contribution >= 0.6 is 0 Å². The Morgan fingerprint density at radius 2 is 1.09 bits per heavy atom. The third kappa shape index (κ3) is 26.5. The predicted octanol–water partition coefficient (Wildman–Crippen LogP) is 8.49. The molecule has 54 heavy (non-hydrogen) atoms. The molecule has 1 saturated heterocycles. The maximum atomic E-state index is 12.7. The van der Waals surface area contributed by atoms with E-state index in [-0.39, 0.29) is 26.1 Å². The van der Waals surface area contributed by atoms with Crippen LogP contribution in [-0.2, 0) is 28.5 Å². The molecule has 10 heteroatoms. The highest BCUT2D eigenvalue weighted by Gasteiger charge is 2.44. The molecule has 312 valence electrons. The molecule has 1 fully saturated rings. The molecule has 0 bridgehead atoms. The SMILES string of the molecule is CC/C=C/C/C=C/C/C=C/CCCCCCCC(=O)O[C@@H](COC(=O)CCCCCCC/C=C/CCCCCCC)CO[C@H]1O[C@@H](CO)[C@@H](O)C(O)C1O. The van der Waals surface area contributed by atoms with Gasteiger partial charge in [-0.3, -0.25) is 9.59 Å². The van der Waals surface area contributed by atoms with Crippen LogP contribution in [0, 0.1) is 0 Å². The fourth-order valence-electron chi connectivity index (χ4n) is 6.08. The number of carbonyl (C=O) groups is 2. The van der Waals surface area contributed by atoms with Crippen molar-refractivity contribution in [3.63, 3.8) is 0 Å². The maximum absolute atomic E-state index is 12.7. The van der Waals surface area contributed by atoms with Crippen LogP contribution < -0.4 is 0 Å². The van der Waals surface area contributed by atoms with Gasteiger partial charge in [0.1, 0.15) is 31.0 Å². The third-order valence-corrected chi connectivity index (χ3v) is 9.45. The van der Waals surface area contributed by atoms with E-state index in [1.165, 1.54) is 38.5 Å². The minimum Gasteiger partial charge on any atom is -0.462 e. The average Bonchev–Trinajstić information content (AvgIpc) is 3.17. The van der Waals surface area contributed by atoms with Gasteiger partial charge >= 0.3 is 11.9 Å². The van der Waals surface area contributed by atoms with Crippen molar-refractivity contribution in [1.29, 1.82) is 0 Å². The molecular formula is C44H76O10. The number of ether oxygens (including phenoxy) is 4. The van der Waals surface area contributed by atoms with Crippen molar-refractivity contribution in [3.05, 3.63) is 48.6 Å². The third-order valence-electron chi connectivity index (χ3n) is 9.45. The van der Waals surface area contributed by atoms with E-state index >= 15 is 0 Å². The lowest BCUT2D eigenvalue weighted by atomic mass is 9.99. The topological polar surface area (TPSA) is 152 Å². The maximum Gasteiger partial charge on any atom is 0.306 e. The molecule has 6 atom stereocenters. The van der Waals surface area contributed by atoms with E-state index in [1.807, 2.05) is 0 Å². The quantitative estimate of drug-likeness (QED) is 0.0285. The van der Waals surface area contributed by atoms with Gasteiger partial charge in [-0.15, -0.1) is 0 Å². The van der Waals surface area contributed by atoms with Crippen LogP contribution in [0.3, 0.4) is 0 Å². The Morgan fingerprint density at radius 3 is 1.67 bits per heavy atom. The van der Waals surface area contributed by atoms with Crippen molar-refractivity contribution in [2.75, 3.05) is 19.8 Å². The number of unbranched alkanes of at least 4 members (excludes halogenated alkanes) is 15. The summed E-state index contributed by atoms with van der Waals surface area (Å²) >= 11 is 0. The van der Waals surface area contributed by atoms with E-state index in [0.717, 1.165) is 83.5 Å². The van der Waals surface area contributed by atoms with Crippen LogP contribution in [0.4, 0.5) is 0 Å². The zero-order valence-electron chi connectivity index (χ0n) is 33.7. The number of aliphatic hydroxyl groups is 4. The predicted molar refractivity (Wildman–Crippen MR) is 215 cm³/mol. The van der Waals surface area contributed by atoms with Crippen molar-refractivity contribution < 1.29 is 49.0 Å². The molecule has 0 saturated carbocycles. The summed E-state index contributed by atoms with van der Waals surface area (Å²) in [7, 11) is 0. The number of carbonyl (C=O) groups excluding carboxylic acids is 2. The standard InChI is InChI=1S/C44H76O10/c1-3-5-7-9-11-13-15-17-19-21-23-25-27-29-31-33-40(47)53-37(36-52-44-43(50)42(49)41(48)38(34-45)54-44)35-51-39(46)32-30-28-26-24-22-20-18-16-14-12-10-8-6-4-2/h5,7,11,13,16-19,37-38,41-45,48-50H,3-4,6,8-10,12,14-15,20-36H2,1-2H3/b7-5+,13-11+,18-16+,19-17+/t37-,38-,41+,42?,43?,44-/m0/s1. The van der Waals surface area contributed by atoms with Gasteiger partial charge in [0.25, 0.3) is 0 Å². The molecule has 1 rings (SSSR count). The number of rotatable bonds is 34. The minimum atomic E-state index is -1.60. The van der Waals surface area contributed by atoms with Gasteiger partial charge in [-0.1, -0.05) is 127 Å². The fourth-order valence-corrected chi connectivity index (χ4v) is 6.08. The van der Waals surface area contributed by atoms with Crippen LogP contribution in [0.1, 0.15) is 162 Å². The zero-order valence-corrected chi connectivity index (χ0v) is 33.7. The first-order valence-electron chi connectivity index (χ1n) is 21.2. The number of aliphatic hydroxyl groups excluding tert-OH is 4. The van der Waals surface area contributed by atoms with Crippen LogP contribution in [0.5, 0.6) is 0 Å². The van der Waals surface area contributed by atoms with Crippen LogP contribution in [0.25, 0.3) is 0 Å². The van der Waals surface area contributed by atoms with Gasteiger partial charge in [-0.2, -0.15) is 0 Å². The smallest absolute Gasteiger partial charge is 0.306 e. The summed E-state index contributed by atoms with van der Waals surface area (Å²) in [6.45, 7) is 3.26. The van der Waals surface area contributed by atoms with Gasteiger partial charge in [-0.05, 0) is 70.6 Å². The summed E-state index contributed by atoms with van der Waals surface area (Å²) in [5, 5.41) is 40.0. The lowest BCUT2D eigenvalue weighted by molar-refractivity contribution is -0.305. The van der Waals surface area contributed by atoms with E-state index in [4.69, 9.17) is 18.9 Å². The highest BCUT2D eigenvalue weighted by Crippen LogP contribution is 2.22. The van der Waals surface area contributed by atoms with Gasteiger partial charge in [0.2, 0.25) is 0 Å². The summed E-state index contributed by atoms with van der Waals surface area (Å²) in [5.41, 5.74) is 0. The molecule has 0 amide bonds. The molecule has 4 N–H and O–H groups in total. The molecule has 2 unspecified atom stereocenters. The van der Waals surface area contributed by atoms with Crippen molar-refractivity contribution in [2.24, 2.45) is 0 Å². The Kier molecular flexibility index (Phi) is 32.3. The summed E-state index contributed by atoms with van der Waals surface area (Å²) in [6, 6.07) is 0. The van der Waals surface area contributed by atoms with E-state index in [2.05, 4.69) is 62.5 Å². The second-order valence-electron chi connectivity index (χ2n) is 14.4. The van der Waals surface area contributed by atoms with Crippen LogP contribution in [-0.4, -0.2) is 89.0 Å². The number of esters is 2. The Labute approximate surface area is 327 Å². The van der Waals surface area contributed by atoms with Crippen LogP contribution in [0.2, 0.25) is 0 Å². The second kappa shape index (κ2) is 35.1. The van der Waals surface area contributed by atoms with Gasteiger partial charge < -0.3 is 39.4 Å². The average molecular weight is 765 g/mol. The molecule has 0 aromatic heterocycles. The van der Waals surface area contributed by atoms with E-state index in [0.29, 0.717) is 12.8 Å². The van der Waals surface area contributed by atoms with Crippen molar-refractivity contribution in [3.8, 4) is 0 Å². The lowest BCUT2D eigenvalue weighted by Gasteiger charge is -2.39. The number of allylic oxidation sites excluding steroid dienone is 8. The Morgan fingerprint density at radius 1 is 0.593 bits per heavy atom. The number of hydrogen-bond donors (Lipinski definition) is 4. The highest BCUT2D eigenvalue weighted by atomic mass is 16.7. The molecule has 1 heterocycles. The molecule has 0 radical (unpaired) electrons. The summed E-state index contributed by atoms with van der Waals surface area (Å²) in [5.74, 6) is -0.839. The molecule has 1 aliphatic rings. The molecule has 10 nitrogen and oxygen atoms in total. The molecule has 0 spiro atoms. The number of hydrogen-bond acceptors (Lipinski definition) is 10. The van der Waals surface area contributed by atoms with Gasteiger partial charge in [0.05, 0.1) is 13.2 Å². The Hall–Kier alpha value is -2.34.